The van der Waals surface area contributed by atoms with Crippen LogP contribution in [0.4, 0.5) is 11.4 Å². The first-order chi connectivity index (χ1) is 11.9. The Kier molecular flexibility index (Phi) is 6.39. The van der Waals surface area contributed by atoms with Crippen molar-refractivity contribution in [2.75, 3.05) is 37.5 Å². The quantitative estimate of drug-likeness (QED) is 0.784. The Labute approximate surface area is 147 Å². The Hall–Kier alpha value is -3.02. The number of esters is 1. The lowest BCUT2D eigenvalue weighted by Gasteiger charge is -2.13. The highest BCUT2D eigenvalue weighted by atomic mass is 16.6. The molecule has 25 heavy (non-hydrogen) atoms. The zero-order valence-corrected chi connectivity index (χ0v) is 14.6. The zero-order valence-electron chi connectivity index (χ0n) is 14.6. The summed E-state index contributed by atoms with van der Waals surface area (Å²) in [6, 6.07) is 14.7. The fraction of sp³-hybridized carbons (Fsp3) is 0.263. The molecule has 0 spiro atoms. The van der Waals surface area contributed by atoms with Crippen LogP contribution in [0.3, 0.4) is 0 Å². The van der Waals surface area contributed by atoms with Crippen molar-refractivity contribution in [2.45, 2.75) is 6.92 Å². The number of ether oxygens (including phenoxy) is 2. The van der Waals surface area contributed by atoms with Gasteiger partial charge in [0.1, 0.15) is 5.75 Å². The summed E-state index contributed by atoms with van der Waals surface area (Å²) in [6.07, 6.45) is 0. The number of carbonyl (C=O) groups is 2. The van der Waals surface area contributed by atoms with E-state index in [0.717, 1.165) is 11.3 Å². The van der Waals surface area contributed by atoms with Crippen molar-refractivity contribution >= 4 is 23.3 Å². The van der Waals surface area contributed by atoms with Crippen molar-refractivity contribution in [1.82, 2.24) is 0 Å². The summed E-state index contributed by atoms with van der Waals surface area (Å²) in [7, 11) is 3.87. The van der Waals surface area contributed by atoms with Gasteiger partial charge in [0, 0.05) is 25.5 Å². The Bertz CT molecular complexity index is 726. The number of rotatable bonds is 7. The normalized spacial score (nSPS) is 10.0. The standard InChI is InChI=1S/C19H22N2O4/c1-14-5-4-6-17(11-14)24-13-19(23)25-12-18(22)20-15-7-9-16(10-8-15)21(2)3/h4-11H,12-13H2,1-3H3,(H,20,22). The van der Waals surface area contributed by atoms with Crippen LogP contribution in [0.1, 0.15) is 5.56 Å². The molecule has 1 N–H and O–H groups in total. The minimum atomic E-state index is -0.598. The molecule has 0 saturated heterocycles. The summed E-state index contributed by atoms with van der Waals surface area (Å²) < 4.78 is 10.2. The van der Waals surface area contributed by atoms with E-state index in [4.69, 9.17) is 9.47 Å². The molecule has 2 aromatic carbocycles. The molecule has 0 aliphatic rings. The largest absolute Gasteiger partial charge is 0.482 e. The Morgan fingerprint density at radius 3 is 2.40 bits per heavy atom. The lowest BCUT2D eigenvalue weighted by Crippen LogP contribution is -2.23. The van der Waals surface area contributed by atoms with Gasteiger partial charge in [0.15, 0.2) is 13.2 Å². The average molecular weight is 342 g/mol. The highest BCUT2D eigenvalue weighted by Crippen LogP contribution is 2.15. The van der Waals surface area contributed by atoms with Crippen molar-refractivity contribution in [1.29, 1.82) is 0 Å². The van der Waals surface area contributed by atoms with Crippen LogP contribution in [-0.2, 0) is 14.3 Å². The Morgan fingerprint density at radius 1 is 1.04 bits per heavy atom. The van der Waals surface area contributed by atoms with E-state index in [1.165, 1.54) is 0 Å². The highest BCUT2D eigenvalue weighted by Gasteiger charge is 2.09. The molecule has 0 radical (unpaired) electrons. The molecule has 0 unspecified atom stereocenters. The molecular weight excluding hydrogens is 320 g/mol. The third-order valence-corrected chi connectivity index (χ3v) is 3.38. The number of hydrogen-bond donors (Lipinski definition) is 1. The summed E-state index contributed by atoms with van der Waals surface area (Å²) >= 11 is 0. The molecule has 6 nitrogen and oxygen atoms in total. The smallest absolute Gasteiger partial charge is 0.344 e. The number of carbonyl (C=O) groups excluding carboxylic acids is 2. The van der Waals surface area contributed by atoms with E-state index in [-0.39, 0.29) is 13.2 Å². The van der Waals surface area contributed by atoms with Gasteiger partial charge in [-0.2, -0.15) is 0 Å². The molecule has 0 aliphatic carbocycles. The van der Waals surface area contributed by atoms with Gasteiger partial charge in [-0.15, -0.1) is 0 Å². The molecular formula is C19H22N2O4. The molecule has 0 heterocycles. The van der Waals surface area contributed by atoms with Crippen molar-refractivity contribution in [3.8, 4) is 5.75 Å². The van der Waals surface area contributed by atoms with Crippen molar-refractivity contribution < 1.29 is 19.1 Å². The maximum atomic E-state index is 11.8. The van der Waals surface area contributed by atoms with Crippen molar-refractivity contribution in [3.63, 3.8) is 0 Å². The van der Waals surface area contributed by atoms with Crippen LogP contribution in [0.15, 0.2) is 48.5 Å². The van der Waals surface area contributed by atoms with E-state index in [0.29, 0.717) is 11.4 Å². The fourth-order valence-corrected chi connectivity index (χ4v) is 2.08. The molecule has 0 saturated carbocycles. The maximum absolute atomic E-state index is 11.8. The number of benzene rings is 2. The Balaban J connectivity index is 1.72. The topological polar surface area (TPSA) is 67.9 Å². The number of amides is 1. The van der Waals surface area contributed by atoms with E-state index in [9.17, 15) is 9.59 Å². The molecule has 132 valence electrons. The van der Waals surface area contributed by atoms with Crippen LogP contribution in [0.25, 0.3) is 0 Å². The number of anilines is 2. The molecule has 0 aromatic heterocycles. The van der Waals surface area contributed by atoms with Gasteiger partial charge in [-0.05, 0) is 48.9 Å². The number of nitrogens with zero attached hydrogens (tertiary/aromatic N) is 1. The molecule has 1 amide bonds. The van der Waals surface area contributed by atoms with Crippen LogP contribution in [0.5, 0.6) is 5.75 Å². The molecule has 2 rings (SSSR count). The summed E-state index contributed by atoms with van der Waals surface area (Å²) in [5.41, 5.74) is 2.70. The third kappa shape index (κ3) is 6.18. The van der Waals surface area contributed by atoms with E-state index < -0.39 is 11.9 Å². The summed E-state index contributed by atoms with van der Waals surface area (Å²) in [5.74, 6) is -0.413. The SMILES string of the molecule is Cc1cccc(OCC(=O)OCC(=O)Nc2ccc(N(C)C)cc2)c1. The lowest BCUT2D eigenvalue weighted by molar-refractivity contribution is -0.149. The predicted molar refractivity (Wildman–Crippen MR) is 97.0 cm³/mol. The van der Waals surface area contributed by atoms with Gasteiger partial charge in [0.25, 0.3) is 5.91 Å². The molecule has 0 bridgehead atoms. The number of aryl methyl sites for hydroxylation is 1. The second-order valence-electron chi connectivity index (χ2n) is 5.76. The van der Waals surface area contributed by atoms with Gasteiger partial charge in [-0.25, -0.2) is 4.79 Å². The van der Waals surface area contributed by atoms with Gasteiger partial charge in [-0.1, -0.05) is 12.1 Å². The fourth-order valence-electron chi connectivity index (χ4n) is 2.08. The van der Waals surface area contributed by atoms with Crippen molar-refractivity contribution in [2.24, 2.45) is 0 Å². The monoisotopic (exact) mass is 342 g/mol. The molecule has 0 atom stereocenters. The van der Waals surface area contributed by atoms with Gasteiger partial charge < -0.3 is 19.7 Å². The summed E-state index contributed by atoms with van der Waals surface area (Å²) in [4.78, 5) is 25.4. The average Bonchev–Trinajstić information content (AvgIpc) is 2.58. The van der Waals surface area contributed by atoms with Gasteiger partial charge >= 0.3 is 5.97 Å². The first kappa shape index (κ1) is 18.3. The van der Waals surface area contributed by atoms with Crippen LogP contribution < -0.4 is 15.0 Å². The van der Waals surface area contributed by atoms with E-state index in [2.05, 4.69) is 5.32 Å². The summed E-state index contributed by atoms with van der Waals surface area (Å²) in [6.45, 7) is 1.33. The van der Waals surface area contributed by atoms with E-state index in [1.807, 2.05) is 56.3 Å². The molecule has 0 fully saturated rings. The molecule has 2 aromatic rings. The predicted octanol–water partition coefficient (Wildman–Crippen LogP) is 2.62. The van der Waals surface area contributed by atoms with Crippen LogP contribution >= 0.6 is 0 Å². The first-order valence-electron chi connectivity index (χ1n) is 7.86. The van der Waals surface area contributed by atoms with Gasteiger partial charge in [0.2, 0.25) is 0 Å². The second kappa shape index (κ2) is 8.73. The van der Waals surface area contributed by atoms with Gasteiger partial charge in [0.05, 0.1) is 0 Å². The van der Waals surface area contributed by atoms with E-state index >= 15 is 0 Å². The first-order valence-corrected chi connectivity index (χ1v) is 7.86. The zero-order chi connectivity index (χ0) is 18.2. The van der Waals surface area contributed by atoms with E-state index in [1.54, 1.807) is 18.2 Å². The minimum absolute atomic E-state index is 0.242. The van der Waals surface area contributed by atoms with Crippen LogP contribution in [-0.4, -0.2) is 39.2 Å². The highest BCUT2D eigenvalue weighted by molar-refractivity contribution is 5.93. The Morgan fingerprint density at radius 2 is 1.76 bits per heavy atom. The van der Waals surface area contributed by atoms with Crippen molar-refractivity contribution in [3.05, 3.63) is 54.1 Å². The van der Waals surface area contributed by atoms with Gasteiger partial charge in [-0.3, -0.25) is 4.79 Å². The molecule has 0 aliphatic heterocycles. The van der Waals surface area contributed by atoms with Crippen LogP contribution in [0, 0.1) is 6.92 Å². The number of hydrogen-bond acceptors (Lipinski definition) is 5. The molecule has 6 heteroatoms. The second-order valence-corrected chi connectivity index (χ2v) is 5.76. The lowest BCUT2D eigenvalue weighted by atomic mass is 10.2. The minimum Gasteiger partial charge on any atom is -0.482 e. The third-order valence-electron chi connectivity index (χ3n) is 3.38. The number of nitrogens with one attached hydrogen (secondary N) is 1. The summed E-state index contributed by atoms with van der Waals surface area (Å²) in [5, 5.41) is 2.67. The maximum Gasteiger partial charge on any atom is 0.344 e. The van der Waals surface area contributed by atoms with Crippen LogP contribution in [0.2, 0.25) is 0 Å².